The Morgan fingerprint density at radius 1 is 1.16 bits per heavy atom. The number of carbonyl (C=O) groups excluding carboxylic acids is 3. The van der Waals surface area contributed by atoms with Crippen molar-refractivity contribution in [3.05, 3.63) is 50.6 Å². The number of halogens is 2. The van der Waals surface area contributed by atoms with E-state index in [9.17, 15) is 14.4 Å². The van der Waals surface area contributed by atoms with Crippen LogP contribution in [0.4, 0.5) is 5.69 Å². The summed E-state index contributed by atoms with van der Waals surface area (Å²) in [5.41, 5.74) is 0.332. The van der Waals surface area contributed by atoms with Gasteiger partial charge in [0.05, 0.1) is 22.0 Å². The Morgan fingerprint density at radius 3 is 2.68 bits per heavy atom. The fourth-order valence-electron chi connectivity index (χ4n) is 1.77. The lowest BCUT2D eigenvalue weighted by Gasteiger charge is -2.08. The van der Waals surface area contributed by atoms with Crippen molar-refractivity contribution >= 4 is 58.0 Å². The van der Waals surface area contributed by atoms with Crippen LogP contribution in [0.2, 0.25) is 10.0 Å². The maximum atomic E-state index is 11.8. The number of hydrogen-bond acceptors (Lipinski definition) is 5. The van der Waals surface area contributed by atoms with Gasteiger partial charge >= 0.3 is 5.97 Å². The zero-order chi connectivity index (χ0) is 18.2. The molecule has 6 nitrogen and oxygen atoms in total. The van der Waals surface area contributed by atoms with Crippen molar-refractivity contribution in [3.8, 4) is 0 Å². The molecule has 2 N–H and O–H groups in total. The molecular formula is C16H14Cl2N2O4S. The Hall–Kier alpha value is -2.09. The molecule has 2 rings (SSSR count). The lowest BCUT2D eigenvalue weighted by molar-refractivity contribution is -0.147. The smallest absolute Gasteiger partial charge is 0.308 e. The Labute approximate surface area is 158 Å². The second-order valence-electron chi connectivity index (χ2n) is 4.82. The van der Waals surface area contributed by atoms with E-state index >= 15 is 0 Å². The van der Waals surface area contributed by atoms with Crippen LogP contribution in [0.15, 0.2) is 35.7 Å². The summed E-state index contributed by atoms with van der Waals surface area (Å²) in [6, 6.07) is 8.07. The second-order valence-corrected chi connectivity index (χ2v) is 6.61. The summed E-state index contributed by atoms with van der Waals surface area (Å²) in [6.45, 7) is -0.335. The highest BCUT2D eigenvalue weighted by Crippen LogP contribution is 2.25. The fraction of sp³-hybridized carbons (Fsp3) is 0.188. The third-order valence-electron chi connectivity index (χ3n) is 2.93. The van der Waals surface area contributed by atoms with Crippen LogP contribution in [-0.4, -0.2) is 30.9 Å². The van der Waals surface area contributed by atoms with Gasteiger partial charge in [0.1, 0.15) is 0 Å². The van der Waals surface area contributed by atoms with Gasteiger partial charge in [-0.1, -0.05) is 29.3 Å². The second kappa shape index (κ2) is 9.41. The predicted octanol–water partition coefficient (Wildman–Crippen LogP) is 3.36. The van der Waals surface area contributed by atoms with E-state index in [0.29, 0.717) is 20.6 Å². The van der Waals surface area contributed by atoms with Crippen molar-refractivity contribution in [3.63, 3.8) is 0 Å². The van der Waals surface area contributed by atoms with Crippen molar-refractivity contribution in [2.24, 2.45) is 0 Å². The summed E-state index contributed by atoms with van der Waals surface area (Å²) in [7, 11) is 0. The molecule has 0 saturated heterocycles. The molecule has 1 aromatic carbocycles. The van der Waals surface area contributed by atoms with Gasteiger partial charge in [0.25, 0.3) is 11.8 Å². The molecule has 0 aliphatic rings. The molecule has 0 saturated carbocycles. The topological polar surface area (TPSA) is 84.5 Å². The monoisotopic (exact) mass is 400 g/mol. The number of rotatable bonds is 7. The molecule has 9 heteroatoms. The van der Waals surface area contributed by atoms with Gasteiger partial charge in [-0.05, 0) is 29.6 Å². The number of anilines is 1. The summed E-state index contributed by atoms with van der Waals surface area (Å²) in [6.07, 6.45) is -0.0394. The minimum Gasteiger partial charge on any atom is -0.456 e. The molecule has 0 spiro atoms. The number of hydrogen-bond donors (Lipinski definition) is 2. The van der Waals surface area contributed by atoms with E-state index in [2.05, 4.69) is 10.6 Å². The largest absolute Gasteiger partial charge is 0.456 e. The normalized spacial score (nSPS) is 10.2. The molecule has 0 unspecified atom stereocenters. The summed E-state index contributed by atoms with van der Waals surface area (Å²) in [5.74, 6) is -1.39. The van der Waals surface area contributed by atoms with E-state index in [1.165, 1.54) is 17.4 Å². The maximum absolute atomic E-state index is 11.8. The fourth-order valence-corrected chi connectivity index (χ4v) is 2.75. The molecule has 0 atom stereocenters. The van der Waals surface area contributed by atoms with E-state index in [1.807, 2.05) is 0 Å². The first kappa shape index (κ1) is 19.2. The quantitative estimate of drug-likeness (QED) is 0.697. The number of esters is 1. The minimum atomic E-state index is -0.598. The average molecular weight is 401 g/mol. The van der Waals surface area contributed by atoms with Crippen LogP contribution in [0.3, 0.4) is 0 Å². The van der Waals surface area contributed by atoms with Crippen LogP contribution in [0, 0.1) is 0 Å². The number of carbonyl (C=O) groups is 3. The third-order valence-corrected chi connectivity index (χ3v) is 4.36. The van der Waals surface area contributed by atoms with Crippen LogP contribution in [0.5, 0.6) is 0 Å². The van der Waals surface area contributed by atoms with Crippen LogP contribution in [0.25, 0.3) is 0 Å². The highest BCUT2D eigenvalue weighted by Gasteiger charge is 2.11. The van der Waals surface area contributed by atoms with Crippen LogP contribution in [0.1, 0.15) is 16.1 Å². The number of nitrogens with one attached hydrogen (secondary N) is 2. The number of benzene rings is 1. The van der Waals surface area contributed by atoms with Gasteiger partial charge in [-0.25, -0.2) is 0 Å². The lowest BCUT2D eigenvalue weighted by atomic mass is 10.3. The highest BCUT2D eigenvalue weighted by atomic mass is 35.5. The van der Waals surface area contributed by atoms with E-state index in [1.54, 1.807) is 29.6 Å². The zero-order valence-electron chi connectivity index (χ0n) is 12.9. The molecule has 1 aromatic heterocycles. The summed E-state index contributed by atoms with van der Waals surface area (Å²) >= 11 is 13.0. The van der Waals surface area contributed by atoms with Gasteiger partial charge in [-0.2, -0.15) is 0 Å². The van der Waals surface area contributed by atoms with Crippen LogP contribution < -0.4 is 10.6 Å². The standard InChI is InChI=1S/C16H14Cl2N2O4S/c17-10-3-4-11(18)12(8-10)20-14(21)9-24-15(22)5-6-19-16(23)13-2-1-7-25-13/h1-4,7-8H,5-6,9H2,(H,19,23)(H,20,21). The van der Waals surface area contributed by atoms with Gasteiger partial charge in [0.2, 0.25) is 0 Å². The minimum absolute atomic E-state index is 0.0394. The molecule has 0 aliphatic carbocycles. The first-order valence-corrected chi connectivity index (χ1v) is 8.81. The van der Waals surface area contributed by atoms with Crippen LogP contribution in [-0.2, 0) is 14.3 Å². The van der Waals surface area contributed by atoms with Gasteiger partial charge < -0.3 is 15.4 Å². The summed E-state index contributed by atoms with van der Waals surface area (Å²) in [5, 5.41) is 7.61. The van der Waals surface area contributed by atoms with E-state index in [0.717, 1.165) is 0 Å². The van der Waals surface area contributed by atoms with Crippen molar-refractivity contribution < 1.29 is 19.1 Å². The first-order chi connectivity index (χ1) is 12.0. The molecule has 1 heterocycles. The third kappa shape index (κ3) is 6.38. The molecule has 2 aromatic rings. The van der Waals surface area contributed by atoms with Crippen molar-refractivity contribution in [1.29, 1.82) is 0 Å². The molecule has 0 aliphatic heterocycles. The first-order valence-electron chi connectivity index (χ1n) is 7.18. The molecular weight excluding hydrogens is 387 g/mol. The SMILES string of the molecule is O=C(COC(=O)CCNC(=O)c1cccs1)Nc1cc(Cl)ccc1Cl. The van der Waals surface area contributed by atoms with Crippen molar-refractivity contribution in [1.82, 2.24) is 5.32 Å². The Balaban J connectivity index is 1.68. The Kier molecular flexibility index (Phi) is 7.24. The van der Waals surface area contributed by atoms with Gasteiger partial charge in [-0.3, -0.25) is 14.4 Å². The number of ether oxygens (including phenoxy) is 1. The zero-order valence-corrected chi connectivity index (χ0v) is 15.2. The molecule has 0 bridgehead atoms. The van der Waals surface area contributed by atoms with E-state index in [4.69, 9.17) is 27.9 Å². The summed E-state index contributed by atoms with van der Waals surface area (Å²) < 4.78 is 4.84. The molecule has 0 radical (unpaired) electrons. The molecule has 2 amide bonds. The molecule has 132 valence electrons. The Bertz CT molecular complexity index is 766. The van der Waals surface area contributed by atoms with E-state index < -0.39 is 18.5 Å². The number of thiophene rings is 1. The van der Waals surface area contributed by atoms with E-state index in [-0.39, 0.29) is 18.9 Å². The molecule has 25 heavy (non-hydrogen) atoms. The van der Waals surface area contributed by atoms with Gasteiger partial charge in [0.15, 0.2) is 6.61 Å². The summed E-state index contributed by atoms with van der Waals surface area (Å²) in [4.78, 5) is 35.6. The van der Waals surface area contributed by atoms with Crippen molar-refractivity contribution in [2.45, 2.75) is 6.42 Å². The van der Waals surface area contributed by atoms with Gasteiger partial charge in [-0.15, -0.1) is 11.3 Å². The highest BCUT2D eigenvalue weighted by molar-refractivity contribution is 7.12. The average Bonchev–Trinajstić information content (AvgIpc) is 3.11. The number of amides is 2. The van der Waals surface area contributed by atoms with Crippen molar-refractivity contribution in [2.75, 3.05) is 18.5 Å². The predicted molar refractivity (Wildman–Crippen MR) is 97.3 cm³/mol. The van der Waals surface area contributed by atoms with Crippen LogP contribution >= 0.6 is 34.5 Å². The lowest BCUT2D eigenvalue weighted by Crippen LogP contribution is -2.27. The Morgan fingerprint density at radius 2 is 1.96 bits per heavy atom. The molecule has 0 fully saturated rings. The van der Waals surface area contributed by atoms with Gasteiger partial charge in [0, 0.05) is 11.6 Å². The maximum Gasteiger partial charge on any atom is 0.308 e.